The quantitative estimate of drug-likeness (QED) is 0.678. The predicted octanol–water partition coefficient (Wildman–Crippen LogP) is 0.529. The molecule has 1 saturated carbocycles. The molecule has 1 heterocycles. The number of rotatable bonds is 2. The Morgan fingerprint density at radius 3 is 2.86 bits per heavy atom. The highest BCUT2D eigenvalue weighted by Crippen LogP contribution is 2.20. The maximum Gasteiger partial charge on any atom is 0.317 e. The molecule has 1 saturated heterocycles. The maximum absolute atomic E-state index is 11.7. The van der Waals surface area contributed by atoms with Gasteiger partial charge >= 0.3 is 6.03 Å². The van der Waals surface area contributed by atoms with E-state index in [0.29, 0.717) is 18.5 Å². The largest absolute Gasteiger partial charge is 0.335 e. The SMILES string of the molecule is NCC1CCCN(C(=O)NC2CC2)C1. The minimum Gasteiger partial charge on any atom is -0.335 e. The molecule has 80 valence electrons. The van der Waals surface area contributed by atoms with Crippen molar-refractivity contribution in [3.63, 3.8) is 0 Å². The molecule has 1 atom stereocenters. The third-order valence-electron chi connectivity index (χ3n) is 3.04. The summed E-state index contributed by atoms with van der Waals surface area (Å²) in [6.45, 7) is 2.44. The zero-order chi connectivity index (χ0) is 9.97. The number of hydrogen-bond donors (Lipinski definition) is 2. The second-order valence-electron chi connectivity index (χ2n) is 4.41. The number of amides is 2. The van der Waals surface area contributed by atoms with Gasteiger partial charge in [0.2, 0.25) is 0 Å². The van der Waals surface area contributed by atoms with Gasteiger partial charge in [0.05, 0.1) is 0 Å². The minimum absolute atomic E-state index is 0.116. The van der Waals surface area contributed by atoms with Gasteiger partial charge in [0.15, 0.2) is 0 Å². The lowest BCUT2D eigenvalue weighted by Gasteiger charge is -2.32. The number of likely N-dealkylation sites (tertiary alicyclic amines) is 1. The molecule has 0 spiro atoms. The summed E-state index contributed by atoms with van der Waals surface area (Å²) < 4.78 is 0. The van der Waals surface area contributed by atoms with Crippen LogP contribution in [0.1, 0.15) is 25.7 Å². The van der Waals surface area contributed by atoms with E-state index >= 15 is 0 Å². The summed E-state index contributed by atoms with van der Waals surface area (Å²) in [5.41, 5.74) is 5.62. The van der Waals surface area contributed by atoms with Crippen molar-refractivity contribution in [1.82, 2.24) is 10.2 Å². The van der Waals surface area contributed by atoms with Gasteiger partial charge < -0.3 is 16.0 Å². The number of hydrogen-bond acceptors (Lipinski definition) is 2. The van der Waals surface area contributed by atoms with Gasteiger partial charge in [-0.25, -0.2) is 4.79 Å². The van der Waals surface area contributed by atoms with Crippen LogP contribution in [0.2, 0.25) is 0 Å². The van der Waals surface area contributed by atoms with Crippen molar-refractivity contribution in [3.05, 3.63) is 0 Å². The van der Waals surface area contributed by atoms with E-state index < -0.39 is 0 Å². The molecule has 4 heteroatoms. The van der Waals surface area contributed by atoms with Crippen LogP contribution in [0, 0.1) is 5.92 Å². The van der Waals surface area contributed by atoms with Crippen LogP contribution in [-0.4, -0.2) is 36.6 Å². The highest BCUT2D eigenvalue weighted by atomic mass is 16.2. The number of piperidine rings is 1. The molecule has 2 fully saturated rings. The lowest BCUT2D eigenvalue weighted by Crippen LogP contribution is -2.47. The fraction of sp³-hybridized carbons (Fsp3) is 0.900. The number of nitrogens with two attached hydrogens (primary N) is 1. The first-order valence-electron chi connectivity index (χ1n) is 5.55. The number of nitrogens with zero attached hydrogens (tertiary/aromatic N) is 1. The molecule has 1 unspecified atom stereocenters. The summed E-state index contributed by atoms with van der Waals surface area (Å²) in [5, 5.41) is 3.01. The molecule has 0 aromatic carbocycles. The van der Waals surface area contributed by atoms with Crippen molar-refractivity contribution < 1.29 is 4.79 Å². The molecule has 4 nitrogen and oxygen atoms in total. The van der Waals surface area contributed by atoms with E-state index in [1.807, 2.05) is 4.90 Å². The molecule has 2 amide bonds. The Kier molecular flexibility index (Phi) is 2.91. The van der Waals surface area contributed by atoms with Gasteiger partial charge in [-0.15, -0.1) is 0 Å². The Morgan fingerprint density at radius 2 is 2.21 bits per heavy atom. The van der Waals surface area contributed by atoms with Crippen LogP contribution in [-0.2, 0) is 0 Å². The van der Waals surface area contributed by atoms with E-state index in [4.69, 9.17) is 5.73 Å². The van der Waals surface area contributed by atoms with E-state index in [0.717, 1.165) is 32.4 Å². The van der Waals surface area contributed by atoms with Crippen LogP contribution in [0.15, 0.2) is 0 Å². The average Bonchev–Trinajstić information content (AvgIpc) is 3.02. The maximum atomic E-state index is 11.7. The Bertz CT molecular complexity index is 215. The highest BCUT2D eigenvalue weighted by Gasteiger charge is 2.28. The van der Waals surface area contributed by atoms with Crippen molar-refractivity contribution in [3.8, 4) is 0 Å². The summed E-state index contributed by atoms with van der Waals surface area (Å²) in [5.74, 6) is 0.508. The fourth-order valence-electron chi connectivity index (χ4n) is 1.94. The van der Waals surface area contributed by atoms with Gasteiger partial charge in [0, 0.05) is 19.1 Å². The predicted molar refractivity (Wildman–Crippen MR) is 54.9 cm³/mol. The molecule has 0 aromatic rings. The van der Waals surface area contributed by atoms with Gasteiger partial charge in [0.25, 0.3) is 0 Å². The van der Waals surface area contributed by atoms with Crippen molar-refractivity contribution in [2.24, 2.45) is 11.7 Å². The summed E-state index contributed by atoms with van der Waals surface area (Å²) in [6.07, 6.45) is 4.57. The van der Waals surface area contributed by atoms with Crippen molar-refractivity contribution in [2.75, 3.05) is 19.6 Å². The first kappa shape index (κ1) is 9.77. The number of urea groups is 1. The molecule has 1 aliphatic heterocycles. The summed E-state index contributed by atoms with van der Waals surface area (Å²) in [4.78, 5) is 13.6. The summed E-state index contributed by atoms with van der Waals surface area (Å²) >= 11 is 0. The van der Waals surface area contributed by atoms with Gasteiger partial charge in [0.1, 0.15) is 0 Å². The van der Waals surface area contributed by atoms with Gasteiger partial charge in [-0.1, -0.05) is 0 Å². The fourth-order valence-corrected chi connectivity index (χ4v) is 1.94. The van der Waals surface area contributed by atoms with Crippen LogP contribution in [0.5, 0.6) is 0 Å². The lowest BCUT2D eigenvalue weighted by molar-refractivity contribution is 0.167. The minimum atomic E-state index is 0.116. The van der Waals surface area contributed by atoms with E-state index in [2.05, 4.69) is 5.32 Å². The van der Waals surface area contributed by atoms with Crippen LogP contribution in [0.25, 0.3) is 0 Å². The second-order valence-corrected chi connectivity index (χ2v) is 4.41. The molecule has 0 aromatic heterocycles. The molecule has 2 aliphatic rings. The Morgan fingerprint density at radius 1 is 1.43 bits per heavy atom. The van der Waals surface area contributed by atoms with Gasteiger partial charge in [-0.3, -0.25) is 0 Å². The van der Waals surface area contributed by atoms with Gasteiger partial charge in [-0.2, -0.15) is 0 Å². The monoisotopic (exact) mass is 197 g/mol. The normalized spacial score (nSPS) is 27.5. The topological polar surface area (TPSA) is 58.4 Å². The molecule has 0 bridgehead atoms. The molecule has 3 N–H and O–H groups in total. The molecule has 1 aliphatic carbocycles. The number of carbonyl (C=O) groups is 1. The number of carbonyl (C=O) groups excluding carboxylic acids is 1. The third-order valence-corrected chi connectivity index (χ3v) is 3.04. The lowest BCUT2D eigenvalue weighted by atomic mass is 9.99. The van der Waals surface area contributed by atoms with Crippen LogP contribution < -0.4 is 11.1 Å². The first-order valence-corrected chi connectivity index (χ1v) is 5.55. The highest BCUT2D eigenvalue weighted by molar-refractivity contribution is 5.74. The zero-order valence-electron chi connectivity index (χ0n) is 8.54. The standard InChI is InChI=1S/C10H19N3O/c11-6-8-2-1-5-13(7-8)10(14)12-9-3-4-9/h8-9H,1-7,11H2,(H,12,14). The molecule has 0 radical (unpaired) electrons. The molecule has 14 heavy (non-hydrogen) atoms. The van der Waals surface area contributed by atoms with Crippen LogP contribution in [0.3, 0.4) is 0 Å². The molecular weight excluding hydrogens is 178 g/mol. The summed E-state index contributed by atoms with van der Waals surface area (Å²) in [6, 6.07) is 0.575. The van der Waals surface area contributed by atoms with E-state index in [1.54, 1.807) is 0 Å². The summed E-state index contributed by atoms with van der Waals surface area (Å²) in [7, 11) is 0. The zero-order valence-corrected chi connectivity index (χ0v) is 8.54. The van der Waals surface area contributed by atoms with Crippen molar-refractivity contribution in [2.45, 2.75) is 31.7 Å². The van der Waals surface area contributed by atoms with Crippen molar-refractivity contribution in [1.29, 1.82) is 0 Å². The average molecular weight is 197 g/mol. The molecule has 2 rings (SSSR count). The van der Waals surface area contributed by atoms with Crippen LogP contribution >= 0.6 is 0 Å². The first-order chi connectivity index (χ1) is 6.79. The van der Waals surface area contributed by atoms with Crippen molar-refractivity contribution >= 4 is 6.03 Å². The smallest absolute Gasteiger partial charge is 0.317 e. The Balaban J connectivity index is 1.79. The Hall–Kier alpha value is -0.770. The number of nitrogens with one attached hydrogen (secondary N) is 1. The second kappa shape index (κ2) is 4.17. The van der Waals surface area contributed by atoms with E-state index in [1.165, 1.54) is 6.42 Å². The van der Waals surface area contributed by atoms with Gasteiger partial charge in [-0.05, 0) is 38.1 Å². The van der Waals surface area contributed by atoms with E-state index in [9.17, 15) is 4.79 Å². The molecular formula is C10H19N3O. The Labute approximate surface area is 84.8 Å². The third kappa shape index (κ3) is 2.38. The van der Waals surface area contributed by atoms with E-state index in [-0.39, 0.29) is 6.03 Å². The van der Waals surface area contributed by atoms with Crippen LogP contribution in [0.4, 0.5) is 4.79 Å².